The van der Waals surface area contributed by atoms with Crippen molar-refractivity contribution >= 4 is 84.7 Å². The molecule has 52 heavy (non-hydrogen) atoms. The monoisotopic (exact) mass is 697 g/mol. The number of benzene rings is 7. The van der Waals surface area contributed by atoms with E-state index in [1.165, 1.54) is 56.5 Å². The second-order valence-electron chi connectivity index (χ2n) is 13.1. The first kappa shape index (κ1) is 29.5. The molecule has 0 atom stereocenters. The van der Waals surface area contributed by atoms with Gasteiger partial charge in [0.1, 0.15) is 0 Å². The van der Waals surface area contributed by atoms with Crippen LogP contribution < -0.4 is 0 Å². The molecular weight excluding hydrogens is 671 g/mol. The van der Waals surface area contributed by atoms with Crippen LogP contribution in [0.4, 0.5) is 0 Å². The zero-order valence-corrected chi connectivity index (χ0v) is 29.4. The van der Waals surface area contributed by atoms with Gasteiger partial charge in [-0.2, -0.15) is 0 Å². The van der Waals surface area contributed by atoms with Crippen LogP contribution in [0.2, 0.25) is 0 Å². The highest BCUT2D eigenvalue weighted by Crippen LogP contribution is 2.44. The Balaban J connectivity index is 1.11. The van der Waals surface area contributed by atoms with E-state index in [0.29, 0.717) is 5.82 Å². The minimum atomic E-state index is 0.698. The van der Waals surface area contributed by atoms with Crippen LogP contribution in [0.3, 0.4) is 0 Å². The normalized spacial score (nSPS) is 11.8. The molecule has 0 N–H and O–H groups in total. The fourth-order valence-electron chi connectivity index (χ4n) is 7.66. The van der Waals surface area contributed by atoms with Crippen LogP contribution in [0.1, 0.15) is 0 Å². The van der Waals surface area contributed by atoms with E-state index in [2.05, 4.69) is 164 Å². The van der Waals surface area contributed by atoms with Gasteiger partial charge in [-0.25, -0.2) is 15.0 Å². The molecule has 0 spiro atoms. The van der Waals surface area contributed by atoms with Crippen molar-refractivity contribution in [2.45, 2.75) is 0 Å². The predicted molar refractivity (Wildman–Crippen MR) is 222 cm³/mol. The van der Waals surface area contributed by atoms with E-state index in [4.69, 9.17) is 15.0 Å². The minimum Gasteiger partial charge on any atom is -0.246 e. The number of aromatic nitrogens is 3. The van der Waals surface area contributed by atoms with E-state index < -0.39 is 0 Å². The molecule has 5 heteroatoms. The Morgan fingerprint density at radius 1 is 0.385 bits per heavy atom. The van der Waals surface area contributed by atoms with E-state index in [9.17, 15) is 0 Å². The molecule has 0 radical (unpaired) electrons. The van der Waals surface area contributed by atoms with Gasteiger partial charge in [0, 0.05) is 63.3 Å². The number of hydrogen-bond donors (Lipinski definition) is 0. The molecule has 0 aliphatic heterocycles. The third-order valence-corrected chi connectivity index (χ3v) is 12.5. The summed E-state index contributed by atoms with van der Waals surface area (Å²) in [5, 5.41) is 8.63. The first-order valence-electron chi connectivity index (χ1n) is 17.4. The molecule has 0 amide bonds. The third-order valence-electron chi connectivity index (χ3n) is 10.1. The zero-order chi connectivity index (χ0) is 34.2. The molecule has 4 aromatic heterocycles. The van der Waals surface area contributed by atoms with Gasteiger partial charge in [0.15, 0.2) is 5.82 Å². The van der Waals surface area contributed by atoms with Crippen LogP contribution in [0.5, 0.6) is 0 Å². The standard InChI is InChI=1S/C47H27N3S2/c1-2-13-31-28(11-1)12-9-17-32(31)39-27-40(36-19-10-18-34-33-14-4-7-21-41(33)51-45(34)36)50-47(49-39)30-25-23-29(24-26-30)44-46-43(35-15-3-6-20-38(35)48-44)37-16-5-8-22-42(37)52-46/h1-27H. The molecule has 11 aromatic rings. The van der Waals surface area contributed by atoms with Crippen LogP contribution >= 0.6 is 22.7 Å². The molecule has 11 rings (SSSR count). The van der Waals surface area contributed by atoms with Crippen LogP contribution in [0, 0.1) is 0 Å². The smallest absolute Gasteiger partial charge is 0.160 e. The van der Waals surface area contributed by atoms with Crippen molar-refractivity contribution < 1.29 is 0 Å². The van der Waals surface area contributed by atoms with Crippen LogP contribution in [0.15, 0.2) is 164 Å². The quantitative estimate of drug-likeness (QED) is 0.184. The van der Waals surface area contributed by atoms with Crippen LogP contribution in [-0.4, -0.2) is 15.0 Å². The molecule has 4 heterocycles. The summed E-state index contributed by atoms with van der Waals surface area (Å²) in [4.78, 5) is 15.8. The number of fused-ring (bicyclic) bond motifs is 9. The number of nitrogens with zero attached hydrogens (tertiary/aromatic N) is 3. The Labute approximate surface area is 307 Å². The summed E-state index contributed by atoms with van der Waals surface area (Å²) in [5.41, 5.74) is 8.08. The highest BCUT2D eigenvalue weighted by Gasteiger charge is 2.18. The molecule has 0 saturated carbocycles. The lowest BCUT2D eigenvalue weighted by Crippen LogP contribution is -1.97. The van der Waals surface area contributed by atoms with Crippen molar-refractivity contribution in [2.75, 3.05) is 0 Å². The molecule has 242 valence electrons. The van der Waals surface area contributed by atoms with E-state index in [1.807, 2.05) is 22.7 Å². The van der Waals surface area contributed by atoms with Crippen LogP contribution in [0.25, 0.3) is 107 Å². The van der Waals surface area contributed by atoms with Gasteiger partial charge in [-0.1, -0.05) is 140 Å². The number of thiophene rings is 2. The fourth-order valence-corrected chi connectivity index (χ4v) is 10.1. The average molecular weight is 698 g/mol. The summed E-state index contributed by atoms with van der Waals surface area (Å²) in [6.07, 6.45) is 0. The lowest BCUT2D eigenvalue weighted by molar-refractivity contribution is 1.19. The number of pyridine rings is 1. The van der Waals surface area contributed by atoms with Crippen molar-refractivity contribution in [1.82, 2.24) is 15.0 Å². The van der Waals surface area contributed by atoms with Crippen molar-refractivity contribution in [3.63, 3.8) is 0 Å². The van der Waals surface area contributed by atoms with Crippen molar-refractivity contribution in [2.24, 2.45) is 0 Å². The van der Waals surface area contributed by atoms with Crippen LogP contribution in [-0.2, 0) is 0 Å². The topological polar surface area (TPSA) is 38.7 Å². The highest BCUT2D eigenvalue weighted by atomic mass is 32.1. The first-order valence-corrected chi connectivity index (χ1v) is 19.0. The average Bonchev–Trinajstić information content (AvgIpc) is 3.80. The first-order chi connectivity index (χ1) is 25.8. The maximum absolute atomic E-state index is 5.30. The lowest BCUT2D eigenvalue weighted by Gasteiger charge is -2.12. The van der Waals surface area contributed by atoms with Gasteiger partial charge < -0.3 is 0 Å². The van der Waals surface area contributed by atoms with Gasteiger partial charge in [-0.05, 0) is 35.0 Å². The Morgan fingerprint density at radius 3 is 1.81 bits per heavy atom. The molecule has 0 aliphatic rings. The van der Waals surface area contributed by atoms with E-state index in [-0.39, 0.29) is 0 Å². The summed E-state index contributed by atoms with van der Waals surface area (Å²) in [7, 11) is 0. The molecular formula is C47H27N3S2. The maximum atomic E-state index is 5.30. The van der Waals surface area contributed by atoms with Crippen molar-refractivity contribution in [3.8, 4) is 45.2 Å². The summed E-state index contributed by atoms with van der Waals surface area (Å²) >= 11 is 3.64. The highest BCUT2D eigenvalue weighted by molar-refractivity contribution is 7.26. The molecule has 0 bridgehead atoms. The molecule has 0 aliphatic carbocycles. The van der Waals surface area contributed by atoms with Gasteiger partial charge in [0.25, 0.3) is 0 Å². The summed E-state index contributed by atoms with van der Waals surface area (Å²) in [6, 6.07) is 58.1. The van der Waals surface area contributed by atoms with E-state index >= 15 is 0 Å². The maximum Gasteiger partial charge on any atom is 0.160 e. The Kier molecular flexibility index (Phi) is 6.59. The summed E-state index contributed by atoms with van der Waals surface area (Å²) < 4.78 is 5.00. The summed E-state index contributed by atoms with van der Waals surface area (Å²) in [6.45, 7) is 0. The zero-order valence-electron chi connectivity index (χ0n) is 27.7. The second-order valence-corrected chi connectivity index (χ2v) is 15.2. The minimum absolute atomic E-state index is 0.698. The van der Waals surface area contributed by atoms with Gasteiger partial charge in [0.05, 0.1) is 27.3 Å². The number of hydrogen-bond acceptors (Lipinski definition) is 5. The number of rotatable bonds is 4. The van der Waals surface area contributed by atoms with Gasteiger partial charge in [-0.3, -0.25) is 0 Å². The Hall–Kier alpha value is -6.27. The SMILES string of the molecule is c1ccc2c(-c3cc(-c4cccc5c4sc4ccccc45)nc(-c4ccc(-c5nc6ccccc6c6c5sc5ccccc56)cc4)n3)cccc2c1. The van der Waals surface area contributed by atoms with E-state index in [0.717, 1.165) is 44.9 Å². The van der Waals surface area contributed by atoms with Gasteiger partial charge in [-0.15, -0.1) is 22.7 Å². The molecule has 0 fully saturated rings. The molecule has 7 aromatic carbocycles. The van der Waals surface area contributed by atoms with Gasteiger partial charge in [0.2, 0.25) is 0 Å². The fraction of sp³-hybridized carbons (Fsp3) is 0. The Bertz CT molecular complexity index is 3190. The largest absolute Gasteiger partial charge is 0.246 e. The van der Waals surface area contributed by atoms with Crippen molar-refractivity contribution in [1.29, 1.82) is 0 Å². The van der Waals surface area contributed by atoms with Crippen molar-refractivity contribution in [3.05, 3.63) is 164 Å². The molecule has 0 unspecified atom stereocenters. The molecule has 0 saturated heterocycles. The predicted octanol–water partition coefficient (Wildman–Crippen LogP) is 13.6. The summed E-state index contributed by atoms with van der Waals surface area (Å²) in [5.74, 6) is 0.698. The number of para-hydroxylation sites is 1. The third kappa shape index (κ3) is 4.60. The second kappa shape index (κ2) is 11.6. The van der Waals surface area contributed by atoms with Gasteiger partial charge >= 0.3 is 0 Å². The lowest BCUT2D eigenvalue weighted by atomic mass is 9.99. The van der Waals surface area contributed by atoms with E-state index in [1.54, 1.807) is 0 Å². The molecule has 3 nitrogen and oxygen atoms in total. The Morgan fingerprint density at radius 2 is 0.962 bits per heavy atom.